The molecule has 2 aromatic rings. The molecule has 0 atom stereocenters. The van der Waals surface area contributed by atoms with Crippen LogP contribution in [0.15, 0.2) is 29.1 Å². The Kier molecular flexibility index (Phi) is 6.66. The van der Waals surface area contributed by atoms with Gasteiger partial charge in [-0.25, -0.2) is 4.68 Å². The molecule has 0 bridgehead atoms. The van der Waals surface area contributed by atoms with Crippen molar-refractivity contribution in [2.75, 3.05) is 18.9 Å². The summed E-state index contributed by atoms with van der Waals surface area (Å²) in [7, 11) is 1.48. The summed E-state index contributed by atoms with van der Waals surface area (Å²) in [6, 6.07) is 9.31. The zero-order valence-electron chi connectivity index (χ0n) is 16.4. The van der Waals surface area contributed by atoms with Gasteiger partial charge in [0.25, 0.3) is 5.56 Å². The Bertz CT molecular complexity index is 1000. The van der Waals surface area contributed by atoms with Crippen molar-refractivity contribution in [1.29, 1.82) is 5.26 Å². The van der Waals surface area contributed by atoms with Crippen LogP contribution in [0.4, 0.5) is 5.69 Å². The van der Waals surface area contributed by atoms with Gasteiger partial charge < -0.3 is 10.2 Å². The number of likely N-dealkylation sites (N-methyl/N-ethyl adjacent to an activating group) is 1. The highest BCUT2D eigenvalue weighted by molar-refractivity contribution is 5.95. The molecule has 1 N–H and O–H groups in total. The average molecular weight is 381 g/mol. The standard InChI is InChI=1S/C20H23N5O3/c1-5-15-8-6-7-9-17(15)22-18(26)11-24(4)19(27)12-25-20(28)16(10-21)13(2)14(3)23-25/h6-9H,5,11-12H2,1-4H3,(H,22,26). The van der Waals surface area contributed by atoms with Crippen LogP contribution < -0.4 is 10.9 Å². The van der Waals surface area contributed by atoms with E-state index in [4.69, 9.17) is 5.26 Å². The highest BCUT2D eigenvalue weighted by Crippen LogP contribution is 2.15. The lowest BCUT2D eigenvalue weighted by Crippen LogP contribution is -2.40. The number of carbonyl (C=O) groups excluding carboxylic acids is 2. The molecule has 8 nitrogen and oxygen atoms in total. The molecular weight excluding hydrogens is 358 g/mol. The molecule has 28 heavy (non-hydrogen) atoms. The Balaban J connectivity index is 2.08. The molecule has 0 radical (unpaired) electrons. The lowest BCUT2D eigenvalue weighted by Gasteiger charge is -2.18. The van der Waals surface area contributed by atoms with Crippen LogP contribution in [0.5, 0.6) is 0 Å². The van der Waals surface area contributed by atoms with Gasteiger partial charge in [-0.05, 0) is 37.5 Å². The number of aromatic nitrogens is 2. The smallest absolute Gasteiger partial charge is 0.285 e. The van der Waals surface area contributed by atoms with Gasteiger partial charge in [-0.2, -0.15) is 10.4 Å². The number of nitrogens with zero attached hydrogens (tertiary/aromatic N) is 4. The SMILES string of the molecule is CCc1ccccc1NC(=O)CN(C)C(=O)Cn1nc(C)c(C)c(C#N)c1=O. The first kappa shape index (κ1) is 20.8. The van der Waals surface area contributed by atoms with Crippen LogP contribution in [0.1, 0.15) is 29.3 Å². The fourth-order valence-electron chi connectivity index (χ4n) is 2.70. The van der Waals surface area contributed by atoms with Gasteiger partial charge in [-0.3, -0.25) is 14.4 Å². The molecule has 2 rings (SSSR count). The fourth-order valence-corrected chi connectivity index (χ4v) is 2.70. The molecule has 0 aliphatic rings. The van der Waals surface area contributed by atoms with Gasteiger partial charge in [-0.15, -0.1) is 0 Å². The fraction of sp³-hybridized carbons (Fsp3) is 0.350. The molecule has 2 amide bonds. The molecule has 0 saturated heterocycles. The Morgan fingerprint density at radius 3 is 2.61 bits per heavy atom. The van der Waals surface area contributed by atoms with E-state index in [1.54, 1.807) is 19.9 Å². The molecule has 1 heterocycles. The third-order valence-electron chi connectivity index (χ3n) is 4.51. The summed E-state index contributed by atoms with van der Waals surface area (Å²) >= 11 is 0. The minimum absolute atomic E-state index is 0.0307. The third kappa shape index (κ3) is 4.62. The first-order valence-electron chi connectivity index (χ1n) is 8.88. The Hall–Kier alpha value is -3.47. The molecule has 0 unspecified atom stereocenters. The van der Waals surface area contributed by atoms with Crippen LogP contribution in [-0.2, 0) is 22.6 Å². The minimum atomic E-state index is -0.617. The average Bonchev–Trinajstić information content (AvgIpc) is 2.66. The van der Waals surface area contributed by atoms with Gasteiger partial charge in [0.2, 0.25) is 11.8 Å². The summed E-state index contributed by atoms with van der Waals surface area (Å²) in [4.78, 5) is 38.2. The molecule has 0 aliphatic heterocycles. The highest BCUT2D eigenvalue weighted by atomic mass is 16.2. The normalized spacial score (nSPS) is 10.2. The van der Waals surface area contributed by atoms with E-state index < -0.39 is 11.5 Å². The monoisotopic (exact) mass is 381 g/mol. The predicted molar refractivity (Wildman–Crippen MR) is 105 cm³/mol. The second-order valence-electron chi connectivity index (χ2n) is 6.47. The number of aryl methyl sites for hydroxylation is 2. The number of amides is 2. The van der Waals surface area contributed by atoms with E-state index in [1.165, 1.54) is 11.9 Å². The van der Waals surface area contributed by atoms with Gasteiger partial charge in [0.1, 0.15) is 18.2 Å². The van der Waals surface area contributed by atoms with Crippen LogP contribution in [-0.4, -0.2) is 40.1 Å². The Labute approximate surface area is 163 Å². The van der Waals surface area contributed by atoms with E-state index in [-0.39, 0.29) is 24.6 Å². The molecule has 0 spiro atoms. The quantitative estimate of drug-likeness (QED) is 0.813. The topological polar surface area (TPSA) is 108 Å². The van der Waals surface area contributed by atoms with Gasteiger partial charge >= 0.3 is 0 Å². The first-order valence-corrected chi connectivity index (χ1v) is 8.88. The van der Waals surface area contributed by atoms with Crippen molar-refractivity contribution in [3.63, 3.8) is 0 Å². The van der Waals surface area contributed by atoms with Crippen LogP contribution in [0.3, 0.4) is 0 Å². The molecule has 0 saturated carbocycles. The van der Waals surface area contributed by atoms with Crippen molar-refractivity contribution < 1.29 is 9.59 Å². The minimum Gasteiger partial charge on any atom is -0.335 e. The number of para-hydroxylation sites is 1. The van der Waals surface area contributed by atoms with Crippen LogP contribution in [0.2, 0.25) is 0 Å². The third-order valence-corrected chi connectivity index (χ3v) is 4.51. The van der Waals surface area contributed by atoms with Crippen LogP contribution in [0, 0.1) is 25.2 Å². The summed E-state index contributed by atoms with van der Waals surface area (Å²) < 4.78 is 0.962. The van der Waals surface area contributed by atoms with E-state index in [9.17, 15) is 14.4 Å². The van der Waals surface area contributed by atoms with E-state index in [0.29, 0.717) is 16.9 Å². The number of nitriles is 1. The summed E-state index contributed by atoms with van der Waals surface area (Å²) in [6.07, 6.45) is 0.772. The largest absolute Gasteiger partial charge is 0.335 e. The maximum atomic E-state index is 12.4. The number of nitrogens with one attached hydrogen (secondary N) is 1. The number of hydrogen-bond donors (Lipinski definition) is 1. The molecule has 1 aromatic carbocycles. The summed E-state index contributed by atoms with van der Waals surface area (Å²) in [6.45, 7) is 4.79. The van der Waals surface area contributed by atoms with Crippen molar-refractivity contribution in [1.82, 2.24) is 14.7 Å². The maximum Gasteiger partial charge on any atom is 0.285 e. The van der Waals surface area contributed by atoms with Crippen molar-refractivity contribution in [3.8, 4) is 6.07 Å². The molecule has 8 heteroatoms. The van der Waals surface area contributed by atoms with Crippen LogP contribution in [0.25, 0.3) is 0 Å². The van der Waals surface area contributed by atoms with Crippen molar-refractivity contribution in [2.45, 2.75) is 33.7 Å². The molecule has 146 valence electrons. The van der Waals surface area contributed by atoms with Crippen molar-refractivity contribution in [2.24, 2.45) is 0 Å². The summed E-state index contributed by atoms with van der Waals surface area (Å²) in [5.74, 6) is -0.796. The van der Waals surface area contributed by atoms with Gasteiger partial charge in [0, 0.05) is 12.7 Å². The van der Waals surface area contributed by atoms with Gasteiger partial charge in [-0.1, -0.05) is 25.1 Å². The molecular formula is C20H23N5O3. The first-order chi connectivity index (χ1) is 13.3. The lowest BCUT2D eigenvalue weighted by molar-refractivity contribution is -0.134. The zero-order chi connectivity index (χ0) is 20.8. The van der Waals surface area contributed by atoms with E-state index in [1.807, 2.05) is 31.2 Å². The van der Waals surface area contributed by atoms with Gasteiger partial charge in [0.15, 0.2) is 0 Å². The second-order valence-corrected chi connectivity index (χ2v) is 6.47. The predicted octanol–water partition coefficient (Wildman–Crippen LogP) is 1.39. The van der Waals surface area contributed by atoms with Gasteiger partial charge in [0.05, 0.1) is 12.2 Å². The molecule has 0 fully saturated rings. The zero-order valence-corrected chi connectivity index (χ0v) is 16.4. The maximum absolute atomic E-state index is 12.4. The number of anilines is 1. The summed E-state index contributed by atoms with van der Waals surface area (Å²) in [5.41, 5.74) is 2.06. The number of hydrogen-bond acceptors (Lipinski definition) is 5. The Morgan fingerprint density at radius 1 is 1.29 bits per heavy atom. The van der Waals surface area contributed by atoms with Crippen molar-refractivity contribution >= 4 is 17.5 Å². The highest BCUT2D eigenvalue weighted by Gasteiger charge is 2.18. The summed E-state index contributed by atoms with van der Waals surface area (Å²) in [5, 5.41) is 16.0. The van der Waals surface area contributed by atoms with E-state index >= 15 is 0 Å². The molecule has 1 aromatic heterocycles. The number of carbonyl (C=O) groups is 2. The van der Waals surface area contributed by atoms with E-state index in [2.05, 4.69) is 10.4 Å². The Morgan fingerprint density at radius 2 is 1.96 bits per heavy atom. The van der Waals surface area contributed by atoms with Crippen molar-refractivity contribution in [3.05, 3.63) is 57.0 Å². The van der Waals surface area contributed by atoms with Crippen LogP contribution >= 0.6 is 0 Å². The number of benzene rings is 1. The second kappa shape index (κ2) is 8.95. The van der Waals surface area contributed by atoms with E-state index in [0.717, 1.165) is 16.7 Å². The number of rotatable bonds is 6. The molecule has 0 aliphatic carbocycles. The lowest BCUT2D eigenvalue weighted by atomic mass is 10.1.